The van der Waals surface area contributed by atoms with E-state index in [-0.39, 0.29) is 0 Å². The summed E-state index contributed by atoms with van der Waals surface area (Å²) in [6.07, 6.45) is 5.80. The highest BCUT2D eigenvalue weighted by Crippen LogP contribution is 2.19. The van der Waals surface area contributed by atoms with E-state index in [1.54, 1.807) is 11.3 Å². The summed E-state index contributed by atoms with van der Waals surface area (Å²) in [6.45, 7) is 4.82. The molecule has 126 valence electrons. The number of β-amino-alcohol motifs (C(OH)–C–C–N with tert-alkyl or cyclic N) is 1. The van der Waals surface area contributed by atoms with Gasteiger partial charge in [0, 0.05) is 30.4 Å². The smallest absolute Gasteiger partial charge is 0.0900 e. The fourth-order valence-electron chi connectivity index (χ4n) is 3.07. The number of likely N-dealkylation sites (tertiary alicyclic amines) is 1. The third-order valence-electron chi connectivity index (χ3n) is 4.32. The lowest BCUT2D eigenvalue weighted by Crippen LogP contribution is -2.41. The van der Waals surface area contributed by atoms with E-state index in [4.69, 9.17) is 4.74 Å². The minimum atomic E-state index is -0.405. The Labute approximate surface area is 141 Å². The molecule has 2 aromatic rings. The number of aromatic nitrogens is 2. The normalized spacial score (nSPS) is 18.3. The Bertz CT molecular complexity index is 536. The average molecular weight is 335 g/mol. The lowest BCUT2D eigenvalue weighted by atomic mass is 9.96. The van der Waals surface area contributed by atoms with Crippen LogP contribution in [0.4, 0.5) is 0 Å². The molecule has 1 unspecified atom stereocenters. The van der Waals surface area contributed by atoms with E-state index >= 15 is 0 Å². The van der Waals surface area contributed by atoms with Crippen LogP contribution < -0.4 is 0 Å². The molecule has 1 aliphatic heterocycles. The minimum absolute atomic E-state index is 0.405. The first-order chi connectivity index (χ1) is 11.3. The number of piperidine rings is 1. The van der Waals surface area contributed by atoms with E-state index in [0.717, 1.165) is 19.6 Å². The van der Waals surface area contributed by atoms with Crippen molar-refractivity contribution in [2.24, 2.45) is 5.92 Å². The predicted octanol–water partition coefficient (Wildman–Crippen LogP) is 2.23. The van der Waals surface area contributed by atoms with Crippen LogP contribution in [0.1, 0.15) is 17.7 Å². The van der Waals surface area contributed by atoms with E-state index in [0.29, 0.717) is 25.7 Å². The second-order valence-electron chi connectivity index (χ2n) is 6.22. The number of aliphatic hydroxyl groups is 1. The summed E-state index contributed by atoms with van der Waals surface area (Å²) in [5.41, 5.74) is 0. The zero-order valence-corrected chi connectivity index (χ0v) is 14.2. The Balaban J connectivity index is 1.30. The number of rotatable bonds is 8. The van der Waals surface area contributed by atoms with Gasteiger partial charge in [-0.1, -0.05) is 6.07 Å². The number of aliphatic hydroxyl groups excluding tert-OH is 1. The van der Waals surface area contributed by atoms with Crippen molar-refractivity contribution in [2.75, 3.05) is 26.2 Å². The Morgan fingerprint density at radius 1 is 1.35 bits per heavy atom. The maximum Gasteiger partial charge on any atom is 0.0900 e. The van der Waals surface area contributed by atoms with Crippen LogP contribution in [0, 0.1) is 5.92 Å². The molecule has 23 heavy (non-hydrogen) atoms. The van der Waals surface area contributed by atoms with Crippen LogP contribution in [-0.4, -0.2) is 52.1 Å². The molecular formula is C17H25N3O2S. The Hall–Kier alpha value is -1.21. The topological polar surface area (TPSA) is 50.5 Å². The zero-order valence-electron chi connectivity index (χ0n) is 13.4. The number of nitrogens with zero attached hydrogens (tertiary/aromatic N) is 3. The summed E-state index contributed by atoms with van der Waals surface area (Å²) < 4.78 is 7.62. The summed E-state index contributed by atoms with van der Waals surface area (Å²) in [5, 5.41) is 16.5. The van der Waals surface area contributed by atoms with Crippen molar-refractivity contribution >= 4 is 11.3 Å². The molecule has 1 atom stereocenters. The molecule has 0 spiro atoms. The molecule has 3 heterocycles. The van der Waals surface area contributed by atoms with Gasteiger partial charge in [0.15, 0.2) is 0 Å². The maximum absolute atomic E-state index is 10.1. The first-order valence-electron chi connectivity index (χ1n) is 8.27. The third kappa shape index (κ3) is 5.42. The first kappa shape index (κ1) is 16.6. The summed E-state index contributed by atoms with van der Waals surface area (Å²) in [4.78, 5) is 3.55. The van der Waals surface area contributed by atoms with Crippen LogP contribution in [-0.2, 0) is 17.9 Å². The van der Waals surface area contributed by atoms with Gasteiger partial charge in [0.2, 0.25) is 0 Å². The predicted molar refractivity (Wildman–Crippen MR) is 91.4 cm³/mol. The fourth-order valence-corrected chi connectivity index (χ4v) is 3.71. The quantitative estimate of drug-likeness (QED) is 0.804. The molecule has 0 radical (unpaired) electrons. The van der Waals surface area contributed by atoms with Crippen LogP contribution in [0.3, 0.4) is 0 Å². The fraction of sp³-hybridized carbons (Fsp3) is 0.588. The van der Waals surface area contributed by atoms with E-state index in [9.17, 15) is 5.11 Å². The van der Waals surface area contributed by atoms with E-state index in [1.807, 2.05) is 34.6 Å². The Morgan fingerprint density at radius 2 is 2.22 bits per heavy atom. The van der Waals surface area contributed by atoms with Gasteiger partial charge in [-0.25, -0.2) is 0 Å². The van der Waals surface area contributed by atoms with Crippen LogP contribution in [0.5, 0.6) is 0 Å². The lowest BCUT2D eigenvalue weighted by molar-refractivity contribution is 0.00463. The molecule has 0 amide bonds. The monoisotopic (exact) mass is 335 g/mol. The highest BCUT2D eigenvalue weighted by molar-refractivity contribution is 7.09. The first-order valence-corrected chi connectivity index (χ1v) is 9.15. The van der Waals surface area contributed by atoms with Crippen molar-refractivity contribution in [2.45, 2.75) is 32.1 Å². The second-order valence-corrected chi connectivity index (χ2v) is 7.25. The molecule has 1 N–H and O–H groups in total. The van der Waals surface area contributed by atoms with Gasteiger partial charge in [0.05, 0.1) is 19.3 Å². The highest BCUT2D eigenvalue weighted by Gasteiger charge is 2.21. The summed E-state index contributed by atoms with van der Waals surface area (Å²) >= 11 is 1.69. The molecule has 0 saturated carbocycles. The standard InChI is InChI=1S/C17H25N3O2S/c21-16(13-22-14-17-3-1-10-23-17)12-19-8-4-15(5-9-19)11-20-7-2-6-18-20/h1-3,6-7,10,15-16,21H,4-5,8-9,11-14H2. The molecule has 1 fully saturated rings. The molecule has 0 bridgehead atoms. The van der Waals surface area contributed by atoms with Gasteiger partial charge < -0.3 is 14.7 Å². The molecule has 3 rings (SSSR count). The number of thiophene rings is 1. The molecule has 2 aromatic heterocycles. The Kier molecular flexibility index (Phi) is 6.21. The van der Waals surface area contributed by atoms with E-state index in [2.05, 4.69) is 16.1 Å². The largest absolute Gasteiger partial charge is 0.389 e. The molecule has 0 aromatic carbocycles. The number of ether oxygens (including phenoxy) is 1. The van der Waals surface area contributed by atoms with Crippen molar-refractivity contribution in [1.29, 1.82) is 0 Å². The molecule has 0 aliphatic carbocycles. The van der Waals surface area contributed by atoms with Crippen molar-refractivity contribution < 1.29 is 9.84 Å². The molecule has 6 heteroatoms. The molecule has 5 nitrogen and oxygen atoms in total. The number of hydrogen-bond acceptors (Lipinski definition) is 5. The van der Waals surface area contributed by atoms with E-state index in [1.165, 1.54) is 17.7 Å². The van der Waals surface area contributed by atoms with Crippen LogP contribution >= 0.6 is 11.3 Å². The summed E-state index contributed by atoms with van der Waals surface area (Å²) in [7, 11) is 0. The van der Waals surface area contributed by atoms with Crippen molar-refractivity contribution in [3.05, 3.63) is 40.8 Å². The third-order valence-corrected chi connectivity index (χ3v) is 5.17. The van der Waals surface area contributed by atoms with Crippen LogP contribution in [0.15, 0.2) is 36.0 Å². The van der Waals surface area contributed by atoms with Crippen molar-refractivity contribution in [3.8, 4) is 0 Å². The highest BCUT2D eigenvalue weighted by atomic mass is 32.1. The molecule has 1 aliphatic rings. The zero-order chi connectivity index (χ0) is 15.9. The van der Waals surface area contributed by atoms with Gasteiger partial charge in [-0.2, -0.15) is 5.10 Å². The van der Waals surface area contributed by atoms with Gasteiger partial charge in [-0.15, -0.1) is 11.3 Å². The Morgan fingerprint density at radius 3 is 2.91 bits per heavy atom. The average Bonchev–Trinajstić information content (AvgIpc) is 3.23. The van der Waals surface area contributed by atoms with Gasteiger partial charge >= 0.3 is 0 Å². The van der Waals surface area contributed by atoms with Gasteiger partial charge in [-0.05, 0) is 49.4 Å². The van der Waals surface area contributed by atoms with Crippen molar-refractivity contribution in [3.63, 3.8) is 0 Å². The van der Waals surface area contributed by atoms with Gasteiger partial charge in [0.1, 0.15) is 0 Å². The van der Waals surface area contributed by atoms with Gasteiger partial charge in [-0.3, -0.25) is 4.68 Å². The molecule has 1 saturated heterocycles. The number of hydrogen-bond donors (Lipinski definition) is 1. The molecular weight excluding hydrogens is 310 g/mol. The summed E-state index contributed by atoms with van der Waals surface area (Å²) in [5.74, 6) is 0.693. The maximum atomic E-state index is 10.1. The summed E-state index contributed by atoms with van der Waals surface area (Å²) in [6, 6.07) is 6.05. The SMILES string of the molecule is OC(COCc1cccs1)CN1CCC(Cn2cccn2)CC1. The van der Waals surface area contributed by atoms with E-state index < -0.39 is 6.10 Å². The minimum Gasteiger partial charge on any atom is -0.389 e. The van der Waals surface area contributed by atoms with Crippen LogP contribution in [0.25, 0.3) is 0 Å². The van der Waals surface area contributed by atoms with Gasteiger partial charge in [0.25, 0.3) is 0 Å². The van der Waals surface area contributed by atoms with Crippen LogP contribution in [0.2, 0.25) is 0 Å². The second kappa shape index (κ2) is 8.59. The lowest BCUT2D eigenvalue weighted by Gasteiger charge is -2.33. The van der Waals surface area contributed by atoms with Crippen molar-refractivity contribution in [1.82, 2.24) is 14.7 Å².